The van der Waals surface area contributed by atoms with Gasteiger partial charge in [0.2, 0.25) is 0 Å². The summed E-state index contributed by atoms with van der Waals surface area (Å²) in [4.78, 5) is 19.2. The summed E-state index contributed by atoms with van der Waals surface area (Å²) in [5.41, 5.74) is 9.47. The zero-order valence-electron chi connectivity index (χ0n) is 11.1. The summed E-state index contributed by atoms with van der Waals surface area (Å²) in [6.45, 7) is 3.89. The van der Waals surface area contributed by atoms with Gasteiger partial charge in [0.05, 0.1) is 0 Å². The normalized spacial score (nSPS) is 12.6. The molecule has 1 aromatic rings. The molecule has 18 heavy (non-hydrogen) atoms. The Morgan fingerprint density at radius 2 is 2.28 bits per heavy atom. The van der Waals surface area contributed by atoms with Gasteiger partial charge in [-0.2, -0.15) is 0 Å². The van der Waals surface area contributed by atoms with Crippen molar-refractivity contribution in [3.05, 3.63) is 34.8 Å². The van der Waals surface area contributed by atoms with Gasteiger partial charge in [-0.05, 0) is 25.0 Å². The summed E-state index contributed by atoms with van der Waals surface area (Å²) in [6.07, 6.45) is 6.11. The topological polar surface area (TPSA) is 68.3 Å². The van der Waals surface area contributed by atoms with Gasteiger partial charge in [-0.15, -0.1) is 0 Å². The molecule has 0 amide bonds. The van der Waals surface area contributed by atoms with Gasteiger partial charge in [-0.1, -0.05) is 13.3 Å². The largest absolute Gasteiger partial charge is 0.402 e. The molecule has 0 fully saturated rings. The molecule has 0 saturated carbocycles. The van der Waals surface area contributed by atoms with E-state index in [1.54, 1.807) is 26.4 Å². The number of aromatic nitrogens is 1. The van der Waals surface area contributed by atoms with Crippen LogP contribution in [-0.2, 0) is 6.42 Å². The van der Waals surface area contributed by atoms with Gasteiger partial charge in [0.15, 0.2) is 6.29 Å². The first-order valence-corrected chi connectivity index (χ1v) is 5.97. The zero-order chi connectivity index (χ0) is 13.5. The minimum Gasteiger partial charge on any atom is -0.402 e. The van der Waals surface area contributed by atoms with Crippen LogP contribution in [0.25, 0.3) is 5.57 Å². The number of allylic oxidation sites excluding steroid dienone is 2. The van der Waals surface area contributed by atoms with E-state index >= 15 is 0 Å². The predicted octanol–water partition coefficient (Wildman–Crippen LogP) is 2.24. The molecule has 4 heteroatoms. The van der Waals surface area contributed by atoms with E-state index in [0.29, 0.717) is 11.4 Å². The number of nitrogens with two attached hydrogens (primary N) is 1. The van der Waals surface area contributed by atoms with Crippen molar-refractivity contribution in [1.29, 1.82) is 0 Å². The van der Waals surface area contributed by atoms with Crippen molar-refractivity contribution < 1.29 is 4.79 Å². The van der Waals surface area contributed by atoms with E-state index in [9.17, 15) is 4.79 Å². The van der Waals surface area contributed by atoms with Crippen LogP contribution in [0.2, 0.25) is 0 Å². The molecule has 2 N–H and O–H groups in total. The standard InChI is InChI=1S/C14H19N3O/c1-4-5-11-6-12(14(9-18)17-7-11)13(8-16-3)10(2)15/h6-9H,4-5,15H2,1-3H3. The number of carbonyl (C=O) groups excluding carboxylic acids is 1. The fourth-order valence-corrected chi connectivity index (χ4v) is 1.77. The van der Waals surface area contributed by atoms with Gasteiger partial charge in [0, 0.05) is 36.3 Å². The van der Waals surface area contributed by atoms with Crippen LogP contribution in [0.4, 0.5) is 0 Å². The molecule has 1 heterocycles. The lowest BCUT2D eigenvalue weighted by molar-refractivity contribution is 0.111. The van der Waals surface area contributed by atoms with Crippen LogP contribution in [0.1, 0.15) is 41.9 Å². The van der Waals surface area contributed by atoms with Crippen LogP contribution in [0.5, 0.6) is 0 Å². The number of aldehydes is 1. The average molecular weight is 245 g/mol. The third kappa shape index (κ3) is 3.26. The zero-order valence-corrected chi connectivity index (χ0v) is 11.1. The number of pyridine rings is 1. The molecule has 0 aliphatic carbocycles. The number of hydrogen-bond donors (Lipinski definition) is 1. The smallest absolute Gasteiger partial charge is 0.169 e. The lowest BCUT2D eigenvalue weighted by Gasteiger charge is -2.09. The highest BCUT2D eigenvalue weighted by Gasteiger charge is 2.10. The van der Waals surface area contributed by atoms with Gasteiger partial charge < -0.3 is 5.73 Å². The fourth-order valence-electron chi connectivity index (χ4n) is 1.77. The Morgan fingerprint density at radius 3 is 2.78 bits per heavy atom. The maximum Gasteiger partial charge on any atom is 0.169 e. The Hall–Kier alpha value is -1.97. The summed E-state index contributed by atoms with van der Waals surface area (Å²) in [6, 6.07) is 1.97. The van der Waals surface area contributed by atoms with Crippen LogP contribution in [-0.4, -0.2) is 24.5 Å². The molecular formula is C14H19N3O. The van der Waals surface area contributed by atoms with E-state index in [-0.39, 0.29) is 0 Å². The highest BCUT2D eigenvalue weighted by molar-refractivity contribution is 6.12. The van der Waals surface area contributed by atoms with Gasteiger partial charge in [-0.25, -0.2) is 0 Å². The number of carbonyl (C=O) groups is 1. The Morgan fingerprint density at radius 1 is 1.56 bits per heavy atom. The Labute approximate surface area is 108 Å². The molecule has 0 atom stereocenters. The molecule has 0 aliphatic heterocycles. The summed E-state index contributed by atoms with van der Waals surface area (Å²) < 4.78 is 0. The van der Waals surface area contributed by atoms with Crippen molar-refractivity contribution in [2.24, 2.45) is 10.7 Å². The molecule has 1 aromatic heterocycles. The third-order valence-corrected chi connectivity index (χ3v) is 2.60. The second kappa shape index (κ2) is 6.69. The van der Waals surface area contributed by atoms with Crippen LogP contribution in [0.15, 0.2) is 23.0 Å². The minimum absolute atomic E-state index is 0.398. The van der Waals surface area contributed by atoms with Crippen LogP contribution >= 0.6 is 0 Å². The van der Waals surface area contributed by atoms with Crippen LogP contribution in [0, 0.1) is 0 Å². The SMILES string of the molecule is CCCc1cnc(C=O)c(C(C=NC)=C(C)N)c1. The average Bonchev–Trinajstić information content (AvgIpc) is 2.36. The molecule has 1 rings (SSSR count). The fraction of sp³-hybridized carbons (Fsp3) is 0.357. The Balaban J connectivity index is 3.39. The van der Waals surface area contributed by atoms with Crippen molar-refractivity contribution in [3.63, 3.8) is 0 Å². The molecule has 0 unspecified atom stereocenters. The maximum absolute atomic E-state index is 11.1. The second-order valence-electron chi connectivity index (χ2n) is 4.13. The van der Waals surface area contributed by atoms with Crippen molar-refractivity contribution in [2.45, 2.75) is 26.7 Å². The molecule has 0 bridgehead atoms. The molecule has 0 spiro atoms. The number of aryl methyl sites for hydroxylation is 1. The minimum atomic E-state index is 0.398. The van der Waals surface area contributed by atoms with Gasteiger partial charge in [-0.3, -0.25) is 14.8 Å². The van der Waals surface area contributed by atoms with E-state index in [4.69, 9.17) is 5.73 Å². The predicted molar refractivity (Wildman–Crippen MR) is 74.8 cm³/mol. The molecule has 0 radical (unpaired) electrons. The maximum atomic E-state index is 11.1. The van der Waals surface area contributed by atoms with Crippen molar-refractivity contribution in [2.75, 3.05) is 7.05 Å². The van der Waals surface area contributed by atoms with E-state index in [1.807, 2.05) is 6.07 Å². The molecule has 0 aromatic carbocycles. The molecule has 0 aliphatic rings. The van der Waals surface area contributed by atoms with Gasteiger partial charge in [0.1, 0.15) is 5.69 Å². The molecule has 4 nitrogen and oxygen atoms in total. The first kappa shape index (κ1) is 14.1. The van der Waals surface area contributed by atoms with E-state index < -0.39 is 0 Å². The number of rotatable bonds is 5. The summed E-state index contributed by atoms with van der Waals surface area (Å²) in [5, 5.41) is 0. The van der Waals surface area contributed by atoms with Crippen molar-refractivity contribution >= 4 is 18.1 Å². The lowest BCUT2D eigenvalue weighted by Crippen LogP contribution is -2.05. The Kier molecular flexibility index (Phi) is 5.24. The quantitative estimate of drug-likeness (QED) is 0.639. The Bertz CT molecular complexity index is 486. The van der Waals surface area contributed by atoms with Crippen molar-refractivity contribution in [1.82, 2.24) is 4.98 Å². The summed E-state index contributed by atoms with van der Waals surface area (Å²) in [5.74, 6) is 0. The summed E-state index contributed by atoms with van der Waals surface area (Å²) in [7, 11) is 1.67. The van der Waals surface area contributed by atoms with Gasteiger partial charge >= 0.3 is 0 Å². The van der Waals surface area contributed by atoms with E-state index in [1.165, 1.54) is 0 Å². The van der Waals surface area contributed by atoms with Crippen LogP contribution in [0.3, 0.4) is 0 Å². The van der Waals surface area contributed by atoms with Crippen molar-refractivity contribution in [3.8, 4) is 0 Å². The number of hydrogen-bond acceptors (Lipinski definition) is 4. The lowest BCUT2D eigenvalue weighted by atomic mass is 10.0. The van der Waals surface area contributed by atoms with E-state index in [2.05, 4.69) is 16.9 Å². The highest BCUT2D eigenvalue weighted by atomic mass is 16.1. The summed E-state index contributed by atoms with van der Waals surface area (Å²) >= 11 is 0. The van der Waals surface area contributed by atoms with E-state index in [0.717, 1.165) is 35.8 Å². The second-order valence-corrected chi connectivity index (χ2v) is 4.13. The number of aliphatic imine (C=N–C) groups is 1. The third-order valence-electron chi connectivity index (χ3n) is 2.60. The molecule has 96 valence electrons. The first-order chi connectivity index (χ1) is 8.63. The molecular weight excluding hydrogens is 226 g/mol. The molecule has 0 saturated heterocycles. The highest BCUT2D eigenvalue weighted by Crippen LogP contribution is 2.19. The van der Waals surface area contributed by atoms with Crippen LogP contribution < -0.4 is 5.73 Å². The monoisotopic (exact) mass is 245 g/mol. The van der Waals surface area contributed by atoms with Gasteiger partial charge in [0.25, 0.3) is 0 Å². The number of nitrogens with zero attached hydrogens (tertiary/aromatic N) is 2. The first-order valence-electron chi connectivity index (χ1n) is 5.97.